The Labute approximate surface area is 148 Å². The molecule has 0 aliphatic heterocycles. The van der Waals surface area contributed by atoms with Crippen molar-refractivity contribution in [2.75, 3.05) is 0 Å². The van der Waals surface area contributed by atoms with E-state index in [1.54, 1.807) is 6.08 Å². The Morgan fingerprint density at radius 2 is 2.00 bits per heavy atom. The number of benzene rings is 2. The molecule has 2 aromatic carbocycles. The number of carbonyl (C=O) groups is 1. The number of ether oxygens (including phenoxy) is 1. The van der Waals surface area contributed by atoms with Crippen molar-refractivity contribution in [3.8, 4) is 11.8 Å². The van der Waals surface area contributed by atoms with Gasteiger partial charge in [0.1, 0.15) is 24.0 Å². The number of carbonyl (C=O) groups excluding carboxylic acids is 1. The molecule has 2 rings (SSSR count). The fourth-order valence-electron chi connectivity index (χ4n) is 2.34. The molecule has 1 amide bonds. The van der Waals surface area contributed by atoms with E-state index in [0.717, 1.165) is 5.56 Å². The van der Waals surface area contributed by atoms with E-state index in [1.807, 2.05) is 69.3 Å². The zero-order valence-corrected chi connectivity index (χ0v) is 14.7. The lowest BCUT2D eigenvalue weighted by Crippen LogP contribution is -2.30. The molecule has 1 N–H and O–H groups in total. The third-order valence-electron chi connectivity index (χ3n) is 3.48. The second kappa shape index (κ2) is 8.70. The summed E-state index contributed by atoms with van der Waals surface area (Å²) < 4.78 is 5.90. The summed E-state index contributed by atoms with van der Waals surface area (Å²) in [5, 5.41) is 12.0. The van der Waals surface area contributed by atoms with E-state index < -0.39 is 0 Å². The Hall–Kier alpha value is -3.06. The first-order valence-electron chi connectivity index (χ1n) is 8.19. The van der Waals surface area contributed by atoms with Crippen LogP contribution in [-0.4, -0.2) is 11.9 Å². The van der Waals surface area contributed by atoms with Gasteiger partial charge in [0.25, 0.3) is 5.91 Å². The van der Waals surface area contributed by atoms with Crippen LogP contribution in [0.25, 0.3) is 6.08 Å². The van der Waals surface area contributed by atoms with Crippen molar-refractivity contribution in [1.82, 2.24) is 5.32 Å². The van der Waals surface area contributed by atoms with Crippen molar-refractivity contribution in [2.24, 2.45) is 0 Å². The minimum atomic E-state index is -0.383. The van der Waals surface area contributed by atoms with E-state index in [1.165, 1.54) is 5.56 Å². The maximum absolute atomic E-state index is 12.1. The average Bonchev–Trinajstić information content (AvgIpc) is 2.58. The lowest BCUT2D eigenvalue weighted by atomic mass is 10.1. The number of nitrogens with zero attached hydrogens (tertiary/aromatic N) is 1. The number of hydrogen-bond acceptors (Lipinski definition) is 3. The highest BCUT2D eigenvalue weighted by atomic mass is 16.5. The lowest BCUT2D eigenvalue weighted by Gasteiger charge is -2.11. The zero-order valence-electron chi connectivity index (χ0n) is 14.7. The van der Waals surface area contributed by atoms with E-state index in [-0.39, 0.29) is 17.5 Å². The van der Waals surface area contributed by atoms with Gasteiger partial charge in [0, 0.05) is 11.6 Å². The van der Waals surface area contributed by atoms with E-state index in [4.69, 9.17) is 4.74 Å². The zero-order chi connectivity index (χ0) is 18.2. The fraction of sp³-hybridized carbons (Fsp3) is 0.238. The minimum Gasteiger partial charge on any atom is -0.488 e. The second-order valence-corrected chi connectivity index (χ2v) is 6.11. The van der Waals surface area contributed by atoms with Crippen LogP contribution in [0, 0.1) is 18.3 Å². The summed E-state index contributed by atoms with van der Waals surface area (Å²) in [6.07, 6.45) is 1.56. The van der Waals surface area contributed by atoms with E-state index in [0.29, 0.717) is 17.9 Å². The number of para-hydroxylation sites is 1. The van der Waals surface area contributed by atoms with Crippen molar-refractivity contribution < 1.29 is 9.53 Å². The number of rotatable bonds is 6. The van der Waals surface area contributed by atoms with E-state index >= 15 is 0 Å². The number of hydrogen-bond donors (Lipinski definition) is 1. The lowest BCUT2D eigenvalue weighted by molar-refractivity contribution is -0.117. The fourth-order valence-corrected chi connectivity index (χ4v) is 2.34. The first-order valence-corrected chi connectivity index (χ1v) is 8.19. The third kappa shape index (κ3) is 5.50. The molecule has 4 nitrogen and oxygen atoms in total. The SMILES string of the molecule is Cc1cccc(COc2ccccc2/C=C(/C#N)C(=O)NC(C)C)c1. The summed E-state index contributed by atoms with van der Waals surface area (Å²) in [5.41, 5.74) is 2.99. The van der Waals surface area contributed by atoms with Crippen LogP contribution in [0.3, 0.4) is 0 Å². The first kappa shape index (κ1) is 18.3. The number of amides is 1. The van der Waals surface area contributed by atoms with Gasteiger partial charge in [-0.25, -0.2) is 0 Å². The number of nitriles is 1. The third-order valence-corrected chi connectivity index (χ3v) is 3.48. The summed E-state index contributed by atoms with van der Waals surface area (Å²) in [6.45, 7) is 6.16. The molecule has 4 heteroatoms. The Balaban J connectivity index is 2.20. The molecule has 2 aromatic rings. The van der Waals surface area contributed by atoms with Gasteiger partial charge in [0.05, 0.1) is 0 Å². The van der Waals surface area contributed by atoms with Crippen LogP contribution < -0.4 is 10.1 Å². The number of aryl methyl sites for hydroxylation is 1. The summed E-state index contributed by atoms with van der Waals surface area (Å²) in [4.78, 5) is 12.1. The highest BCUT2D eigenvalue weighted by Crippen LogP contribution is 2.22. The van der Waals surface area contributed by atoms with Gasteiger partial charge in [-0.3, -0.25) is 4.79 Å². The van der Waals surface area contributed by atoms with E-state index in [9.17, 15) is 10.1 Å². The number of nitrogens with one attached hydrogen (secondary N) is 1. The molecule has 0 bridgehead atoms. The summed E-state index contributed by atoms with van der Waals surface area (Å²) in [7, 11) is 0. The predicted octanol–water partition coefficient (Wildman–Crippen LogP) is 4.01. The van der Waals surface area contributed by atoms with Gasteiger partial charge in [0.15, 0.2) is 0 Å². The van der Waals surface area contributed by atoms with Gasteiger partial charge in [0.2, 0.25) is 0 Å². The van der Waals surface area contributed by atoms with Crippen molar-refractivity contribution in [3.05, 3.63) is 70.8 Å². The molecule has 0 atom stereocenters. The van der Waals surface area contributed by atoms with Crippen LogP contribution in [-0.2, 0) is 11.4 Å². The van der Waals surface area contributed by atoms with Crippen molar-refractivity contribution in [3.63, 3.8) is 0 Å². The monoisotopic (exact) mass is 334 g/mol. The molecule has 0 saturated carbocycles. The van der Waals surface area contributed by atoms with Crippen molar-refractivity contribution in [2.45, 2.75) is 33.4 Å². The predicted molar refractivity (Wildman–Crippen MR) is 98.8 cm³/mol. The molecule has 25 heavy (non-hydrogen) atoms. The molecule has 0 aliphatic carbocycles. The first-order chi connectivity index (χ1) is 12.0. The molecular weight excluding hydrogens is 312 g/mol. The molecule has 0 fully saturated rings. The van der Waals surface area contributed by atoms with Crippen LogP contribution in [0.4, 0.5) is 0 Å². The maximum atomic E-state index is 12.1. The highest BCUT2D eigenvalue weighted by Gasteiger charge is 2.11. The molecule has 0 spiro atoms. The van der Waals surface area contributed by atoms with Gasteiger partial charge >= 0.3 is 0 Å². The Bertz CT molecular complexity index is 817. The van der Waals surface area contributed by atoms with Gasteiger partial charge in [-0.05, 0) is 38.5 Å². The molecule has 0 radical (unpaired) electrons. The van der Waals surface area contributed by atoms with Gasteiger partial charge in [-0.2, -0.15) is 5.26 Å². The van der Waals surface area contributed by atoms with E-state index in [2.05, 4.69) is 11.4 Å². The molecular formula is C21H22N2O2. The van der Waals surface area contributed by atoms with Crippen molar-refractivity contribution in [1.29, 1.82) is 5.26 Å². The molecule has 0 saturated heterocycles. The smallest absolute Gasteiger partial charge is 0.262 e. The topological polar surface area (TPSA) is 62.1 Å². The molecule has 0 unspecified atom stereocenters. The highest BCUT2D eigenvalue weighted by molar-refractivity contribution is 6.02. The van der Waals surface area contributed by atoms with Crippen LogP contribution in [0.15, 0.2) is 54.1 Å². The molecule has 0 heterocycles. The normalized spacial score (nSPS) is 11.1. The maximum Gasteiger partial charge on any atom is 0.262 e. The Morgan fingerprint density at radius 1 is 1.24 bits per heavy atom. The second-order valence-electron chi connectivity index (χ2n) is 6.11. The summed E-state index contributed by atoms with van der Waals surface area (Å²) >= 11 is 0. The minimum absolute atomic E-state index is 0.0305. The largest absolute Gasteiger partial charge is 0.488 e. The van der Waals surface area contributed by atoms with Crippen LogP contribution in [0.5, 0.6) is 5.75 Å². The molecule has 128 valence electrons. The Morgan fingerprint density at radius 3 is 2.68 bits per heavy atom. The van der Waals surface area contributed by atoms with Crippen LogP contribution in [0.1, 0.15) is 30.5 Å². The van der Waals surface area contributed by atoms with Crippen molar-refractivity contribution >= 4 is 12.0 Å². The standard InChI is InChI=1S/C21H22N2O2/c1-15(2)23-21(24)19(13-22)12-18-9-4-5-10-20(18)25-14-17-8-6-7-16(3)11-17/h4-12,15H,14H2,1-3H3,(H,23,24)/b19-12-. The van der Waals surface area contributed by atoms with Gasteiger partial charge in [-0.1, -0.05) is 48.0 Å². The molecule has 0 aromatic heterocycles. The van der Waals surface area contributed by atoms with Gasteiger partial charge in [-0.15, -0.1) is 0 Å². The Kier molecular flexibility index (Phi) is 6.36. The quantitative estimate of drug-likeness (QED) is 0.641. The van der Waals surface area contributed by atoms with Gasteiger partial charge < -0.3 is 10.1 Å². The van der Waals surface area contributed by atoms with Crippen LogP contribution in [0.2, 0.25) is 0 Å². The average molecular weight is 334 g/mol. The summed E-state index contributed by atoms with van der Waals surface area (Å²) in [5.74, 6) is 0.250. The summed E-state index contributed by atoms with van der Waals surface area (Å²) in [6, 6.07) is 17.4. The molecule has 0 aliphatic rings. The van der Waals surface area contributed by atoms with Crippen LogP contribution >= 0.6 is 0 Å².